The van der Waals surface area contributed by atoms with Gasteiger partial charge in [-0.2, -0.15) is 0 Å². The zero-order valence-electron chi connectivity index (χ0n) is 10.2. The van der Waals surface area contributed by atoms with Crippen LogP contribution >= 0.6 is 11.6 Å². The molecule has 0 fully saturated rings. The van der Waals surface area contributed by atoms with Gasteiger partial charge in [-0.3, -0.25) is 0 Å². The van der Waals surface area contributed by atoms with E-state index >= 15 is 0 Å². The summed E-state index contributed by atoms with van der Waals surface area (Å²) < 4.78 is 0. The van der Waals surface area contributed by atoms with Crippen LogP contribution in [0.25, 0.3) is 0 Å². The van der Waals surface area contributed by atoms with E-state index in [9.17, 15) is 5.11 Å². The van der Waals surface area contributed by atoms with E-state index in [1.54, 1.807) is 0 Å². The Balaban J connectivity index is 2.84. The summed E-state index contributed by atoms with van der Waals surface area (Å²) in [5.74, 6) is 0.669. The van der Waals surface area contributed by atoms with Crippen molar-refractivity contribution >= 4 is 17.3 Å². The first-order valence-corrected chi connectivity index (χ1v) is 6.03. The second-order valence-electron chi connectivity index (χ2n) is 4.51. The van der Waals surface area contributed by atoms with Crippen LogP contribution in [0.15, 0.2) is 18.2 Å². The molecule has 0 spiro atoms. The van der Waals surface area contributed by atoms with Crippen LogP contribution in [0.4, 0.5) is 5.69 Å². The van der Waals surface area contributed by atoms with E-state index in [4.69, 9.17) is 11.6 Å². The smallest absolute Gasteiger partial charge is 0.0702 e. The second-order valence-corrected chi connectivity index (χ2v) is 4.92. The predicted molar refractivity (Wildman–Crippen MR) is 70.1 cm³/mol. The Morgan fingerprint density at radius 1 is 1.38 bits per heavy atom. The van der Waals surface area contributed by atoms with Gasteiger partial charge in [-0.05, 0) is 18.4 Å². The molecule has 0 atom stereocenters. The molecule has 90 valence electrons. The Hall–Kier alpha value is -0.730. The number of aliphatic hydroxyl groups excluding tert-OH is 1. The van der Waals surface area contributed by atoms with Crippen molar-refractivity contribution in [3.63, 3.8) is 0 Å². The molecule has 1 aromatic rings. The van der Waals surface area contributed by atoms with E-state index in [1.165, 1.54) is 0 Å². The third-order valence-electron chi connectivity index (χ3n) is 2.66. The van der Waals surface area contributed by atoms with Crippen LogP contribution in [0.5, 0.6) is 0 Å². The number of benzene rings is 1. The summed E-state index contributed by atoms with van der Waals surface area (Å²) >= 11 is 6.17. The van der Waals surface area contributed by atoms with Gasteiger partial charge in [0.1, 0.15) is 0 Å². The molecule has 0 radical (unpaired) electrons. The maximum atomic E-state index is 9.28. The normalized spacial score (nSPS) is 10.9. The van der Waals surface area contributed by atoms with E-state index in [2.05, 4.69) is 18.7 Å². The molecule has 0 aliphatic rings. The molecule has 0 heterocycles. The lowest BCUT2D eigenvalue weighted by atomic mass is 10.1. The van der Waals surface area contributed by atoms with Crippen molar-refractivity contribution < 1.29 is 5.11 Å². The van der Waals surface area contributed by atoms with Crippen LogP contribution in [-0.2, 0) is 6.61 Å². The molecule has 0 aliphatic heterocycles. The monoisotopic (exact) mass is 241 g/mol. The quantitative estimate of drug-likeness (QED) is 0.855. The molecule has 0 bridgehead atoms. The molecule has 0 unspecified atom stereocenters. The highest BCUT2D eigenvalue weighted by molar-refractivity contribution is 6.33. The molecule has 0 aromatic heterocycles. The topological polar surface area (TPSA) is 23.5 Å². The third kappa shape index (κ3) is 3.39. The second kappa shape index (κ2) is 6.12. The number of hydrogen-bond donors (Lipinski definition) is 1. The SMILES string of the molecule is CC(C)CCN(C)c1c(Cl)cccc1CO. The zero-order chi connectivity index (χ0) is 12.1. The molecule has 1 N–H and O–H groups in total. The van der Waals surface area contributed by atoms with Crippen LogP contribution in [-0.4, -0.2) is 18.7 Å². The first-order chi connectivity index (χ1) is 7.56. The third-order valence-corrected chi connectivity index (χ3v) is 2.97. The lowest BCUT2D eigenvalue weighted by Crippen LogP contribution is -2.21. The maximum Gasteiger partial charge on any atom is 0.0702 e. The van der Waals surface area contributed by atoms with E-state index in [0.717, 1.165) is 24.2 Å². The van der Waals surface area contributed by atoms with Crippen LogP contribution in [0.1, 0.15) is 25.8 Å². The molecular formula is C13H20ClNO. The Kier molecular flexibility index (Phi) is 5.10. The fourth-order valence-electron chi connectivity index (χ4n) is 1.68. The van der Waals surface area contributed by atoms with E-state index < -0.39 is 0 Å². The van der Waals surface area contributed by atoms with Crippen molar-refractivity contribution in [1.82, 2.24) is 0 Å². The minimum atomic E-state index is 0.0297. The van der Waals surface area contributed by atoms with Crippen LogP contribution in [0.3, 0.4) is 0 Å². The number of aliphatic hydroxyl groups is 1. The molecule has 1 rings (SSSR count). The number of halogens is 1. The van der Waals surface area contributed by atoms with Crippen molar-refractivity contribution in [1.29, 1.82) is 0 Å². The number of rotatable bonds is 5. The first-order valence-electron chi connectivity index (χ1n) is 5.65. The minimum Gasteiger partial charge on any atom is -0.392 e. The van der Waals surface area contributed by atoms with Crippen molar-refractivity contribution in [3.8, 4) is 0 Å². The Morgan fingerprint density at radius 2 is 2.06 bits per heavy atom. The van der Waals surface area contributed by atoms with Crippen molar-refractivity contribution in [2.24, 2.45) is 5.92 Å². The van der Waals surface area contributed by atoms with Crippen molar-refractivity contribution in [3.05, 3.63) is 28.8 Å². The predicted octanol–water partition coefficient (Wildman–Crippen LogP) is 3.31. The molecule has 3 heteroatoms. The van der Waals surface area contributed by atoms with Crippen LogP contribution in [0, 0.1) is 5.92 Å². The maximum absolute atomic E-state index is 9.28. The fourth-order valence-corrected chi connectivity index (χ4v) is 2.02. The number of para-hydroxylation sites is 1. The van der Waals surface area contributed by atoms with Gasteiger partial charge in [0.2, 0.25) is 0 Å². The molecule has 0 amide bonds. The molecule has 0 aliphatic carbocycles. The van der Waals surface area contributed by atoms with Gasteiger partial charge in [0.15, 0.2) is 0 Å². The summed E-state index contributed by atoms with van der Waals surface area (Å²) in [7, 11) is 2.02. The van der Waals surface area contributed by atoms with Gasteiger partial charge in [-0.15, -0.1) is 0 Å². The Bertz CT molecular complexity index is 339. The van der Waals surface area contributed by atoms with Gasteiger partial charge in [0.05, 0.1) is 17.3 Å². The van der Waals surface area contributed by atoms with E-state index in [0.29, 0.717) is 10.9 Å². The zero-order valence-corrected chi connectivity index (χ0v) is 11.0. The average Bonchev–Trinajstić information content (AvgIpc) is 2.25. The number of hydrogen-bond acceptors (Lipinski definition) is 2. The van der Waals surface area contributed by atoms with Crippen molar-refractivity contribution in [2.45, 2.75) is 26.9 Å². The summed E-state index contributed by atoms with van der Waals surface area (Å²) in [5.41, 5.74) is 1.84. The molecule has 1 aromatic carbocycles. The highest BCUT2D eigenvalue weighted by atomic mass is 35.5. The molecule has 0 saturated carbocycles. The summed E-state index contributed by atoms with van der Waals surface area (Å²) in [6, 6.07) is 5.64. The van der Waals surface area contributed by atoms with E-state index in [1.807, 2.05) is 25.2 Å². The van der Waals surface area contributed by atoms with Crippen molar-refractivity contribution in [2.75, 3.05) is 18.5 Å². The lowest BCUT2D eigenvalue weighted by Gasteiger charge is -2.24. The first kappa shape index (κ1) is 13.3. The highest BCUT2D eigenvalue weighted by Crippen LogP contribution is 2.29. The summed E-state index contributed by atoms with van der Waals surface area (Å²) in [5, 5.41) is 9.99. The Labute approximate surface area is 103 Å². The molecule has 2 nitrogen and oxygen atoms in total. The minimum absolute atomic E-state index is 0.0297. The van der Waals surface area contributed by atoms with Gasteiger partial charge in [0, 0.05) is 19.2 Å². The van der Waals surface area contributed by atoms with Gasteiger partial charge in [-0.25, -0.2) is 0 Å². The lowest BCUT2D eigenvalue weighted by molar-refractivity contribution is 0.282. The largest absolute Gasteiger partial charge is 0.392 e. The van der Waals surface area contributed by atoms with Crippen LogP contribution < -0.4 is 4.90 Å². The summed E-state index contributed by atoms with van der Waals surface area (Å²) in [6.07, 6.45) is 1.12. The number of anilines is 1. The van der Waals surface area contributed by atoms with E-state index in [-0.39, 0.29) is 6.61 Å². The molecule has 16 heavy (non-hydrogen) atoms. The standard InChI is InChI=1S/C13H20ClNO/c1-10(2)7-8-15(3)13-11(9-16)5-4-6-12(13)14/h4-6,10,16H,7-9H2,1-3H3. The highest BCUT2D eigenvalue weighted by Gasteiger charge is 2.11. The van der Waals surface area contributed by atoms with Gasteiger partial charge in [-0.1, -0.05) is 37.6 Å². The average molecular weight is 242 g/mol. The molecular weight excluding hydrogens is 222 g/mol. The number of nitrogens with zero attached hydrogens (tertiary/aromatic N) is 1. The van der Waals surface area contributed by atoms with Gasteiger partial charge in [0.25, 0.3) is 0 Å². The summed E-state index contributed by atoms with van der Waals surface area (Å²) in [6.45, 7) is 5.39. The summed E-state index contributed by atoms with van der Waals surface area (Å²) in [4.78, 5) is 2.12. The molecule has 0 saturated heterocycles. The van der Waals surface area contributed by atoms with Crippen LogP contribution in [0.2, 0.25) is 5.02 Å². The Morgan fingerprint density at radius 3 is 2.62 bits per heavy atom. The fraction of sp³-hybridized carbons (Fsp3) is 0.538. The van der Waals surface area contributed by atoms with Gasteiger partial charge >= 0.3 is 0 Å². The van der Waals surface area contributed by atoms with Gasteiger partial charge < -0.3 is 10.0 Å².